The molecule has 0 amide bonds. The Bertz CT molecular complexity index is 552. The molecule has 4 nitrogen and oxygen atoms in total. The quantitative estimate of drug-likeness (QED) is 0.799. The van der Waals surface area contributed by atoms with Crippen LogP contribution in [0.25, 0.3) is 0 Å². The van der Waals surface area contributed by atoms with Crippen molar-refractivity contribution >= 4 is 25.4 Å². The molecule has 1 aliphatic heterocycles. The molecule has 0 saturated carbocycles. The van der Waals surface area contributed by atoms with Crippen molar-refractivity contribution < 1.29 is 8.42 Å². The van der Waals surface area contributed by atoms with Gasteiger partial charge in [0.15, 0.2) is 0 Å². The zero-order chi connectivity index (χ0) is 14.8. The van der Waals surface area contributed by atoms with Crippen LogP contribution < -0.4 is 4.90 Å². The van der Waals surface area contributed by atoms with Gasteiger partial charge in [-0.05, 0) is 31.5 Å². The Morgan fingerprint density at radius 1 is 1.20 bits per heavy atom. The Balaban J connectivity index is 2.05. The van der Waals surface area contributed by atoms with E-state index in [1.54, 1.807) is 6.07 Å². The number of rotatable bonds is 4. The highest BCUT2D eigenvalue weighted by Crippen LogP contribution is 2.20. The number of piperazine rings is 1. The van der Waals surface area contributed by atoms with Crippen LogP contribution in [-0.4, -0.2) is 45.5 Å². The lowest BCUT2D eigenvalue weighted by molar-refractivity contribution is 0.209. The van der Waals surface area contributed by atoms with Crippen LogP contribution in [0.3, 0.4) is 0 Å². The van der Waals surface area contributed by atoms with Gasteiger partial charge in [-0.15, -0.1) is 0 Å². The first-order chi connectivity index (χ1) is 9.35. The average Bonchev–Trinajstić information content (AvgIpc) is 2.37. The highest BCUT2D eigenvalue weighted by Gasteiger charge is 2.19. The first kappa shape index (κ1) is 15.6. The van der Waals surface area contributed by atoms with Gasteiger partial charge in [0.25, 0.3) is 0 Å². The Kier molecular flexibility index (Phi) is 4.94. The Morgan fingerprint density at radius 2 is 1.85 bits per heavy atom. The molecule has 112 valence electrons. The summed E-state index contributed by atoms with van der Waals surface area (Å²) in [5.74, 6) is -0.117. The summed E-state index contributed by atoms with van der Waals surface area (Å²) in [5.41, 5.74) is 1.81. The van der Waals surface area contributed by atoms with Crippen molar-refractivity contribution in [2.45, 2.75) is 25.6 Å². The summed E-state index contributed by atoms with van der Waals surface area (Å²) < 4.78 is 22.3. The fourth-order valence-corrected chi connectivity index (χ4v) is 3.49. The zero-order valence-electron chi connectivity index (χ0n) is 11.9. The molecule has 0 unspecified atom stereocenters. The number of anilines is 1. The summed E-state index contributed by atoms with van der Waals surface area (Å²) in [6.07, 6.45) is 0. The minimum absolute atomic E-state index is 0.117. The highest BCUT2D eigenvalue weighted by atomic mass is 35.7. The maximum Gasteiger partial charge on any atom is 0.236 e. The van der Waals surface area contributed by atoms with E-state index in [-0.39, 0.29) is 5.75 Å². The van der Waals surface area contributed by atoms with Gasteiger partial charge >= 0.3 is 0 Å². The van der Waals surface area contributed by atoms with Crippen molar-refractivity contribution in [3.05, 3.63) is 29.8 Å². The van der Waals surface area contributed by atoms with E-state index in [0.717, 1.165) is 37.4 Å². The van der Waals surface area contributed by atoms with Gasteiger partial charge in [0.2, 0.25) is 9.05 Å². The monoisotopic (exact) mass is 316 g/mol. The van der Waals surface area contributed by atoms with Gasteiger partial charge in [-0.25, -0.2) is 8.42 Å². The van der Waals surface area contributed by atoms with Crippen molar-refractivity contribution in [3.63, 3.8) is 0 Å². The molecule has 1 saturated heterocycles. The molecule has 0 radical (unpaired) electrons. The van der Waals surface area contributed by atoms with Gasteiger partial charge in [-0.3, -0.25) is 4.90 Å². The molecule has 0 aromatic heterocycles. The number of hydrogen-bond acceptors (Lipinski definition) is 4. The number of halogens is 1. The second kappa shape index (κ2) is 6.33. The van der Waals surface area contributed by atoms with Crippen molar-refractivity contribution in [1.29, 1.82) is 0 Å². The molecule has 0 aliphatic carbocycles. The third-order valence-electron chi connectivity index (χ3n) is 3.66. The zero-order valence-corrected chi connectivity index (χ0v) is 13.5. The Hall–Kier alpha value is -0.780. The molecule has 6 heteroatoms. The molecular weight excluding hydrogens is 296 g/mol. The maximum absolute atomic E-state index is 11.2. The van der Waals surface area contributed by atoms with Gasteiger partial charge in [-0.1, -0.05) is 12.1 Å². The molecule has 1 aromatic carbocycles. The average molecular weight is 317 g/mol. The summed E-state index contributed by atoms with van der Waals surface area (Å²) in [6.45, 7) is 8.43. The summed E-state index contributed by atoms with van der Waals surface area (Å²) in [4.78, 5) is 4.74. The van der Waals surface area contributed by atoms with E-state index in [0.29, 0.717) is 6.04 Å². The van der Waals surface area contributed by atoms with Crippen LogP contribution in [0, 0.1) is 0 Å². The first-order valence-electron chi connectivity index (χ1n) is 6.85. The predicted molar refractivity (Wildman–Crippen MR) is 83.8 cm³/mol. The third kappa shape index (κ3) is 4.36. The van der Waals surface area contributed by atoms with Crippen LogP contribution >= 0.6 is 10.7 Å². The minimum atomic E-state index is -3.50. The van der Waals surface area contributed by atoms with Crippen LogP contribution in [0.2, 0.25) is 0 Å². The molecule has 1 aliphatic rings. The van der Waals surface area contributed by atoms with Crippen molar-refractivity contribution in [3.8, 4) is 0 Å². The molecule has 0 atom stereocenters. The van der Waals surface area contributed by atoms with Gasteiger partial charge in [0, 0.05) is 48.6 Å². The first-order valence-corrected chi connectivity index (χ1v) is 9.33. The van der Waals surface area contributed by atoms with Gasteiger partial charge in [-0.2, -0.15) is 0 Å². The fourth-order valence-electron chi connectivity index (χ4n) is 2.54. The van der Waals surface area contributed by atoms with Gasteiger partial charge in [0.1, 0.15) is 0 Å². The molecule has 1 aromatic rings. The van der Waals surface area contributed by atoms with E-state index in [9.17, 15) is 8.42 Å². The van der Waals surface area contributed by atoms with E-state index < -0.39 is 9.05 Å². The number of benzene rings is 1. The fraction of sp³-hybridized carbons (Fsp3) is 0.571. The van der Waals surface area contributed by atoms with Gasteiger partial charge < -0.3 is 4.90 Å². The van der Waals surface area contributed by atoms with Crippen LogP contribution in [0.4, 0.5) is 5.69 Å². The Morgan fingerprint density at radius 3 is 2.40 bits per heavy atom. The number of nitrogens with zero attached hydrogens (tertiary/aromatic N) is 2. The smallest absolute Gasteiger partial charge is 0.236 e. The summed E-state index contributed by atoms with van der Waals surface area (Å²) in [7, 11) is 1.81. The second-order valence-electron chi connectivity index (χ2n) is 5.47. The van der Waals surface area contributed by atoms with Crippen LogP contribution in [0.1, 0.15) is 19.4 Å². The molecule has 1 heterocycles. The largest absolute Gasteiger partial charge is 0.369 e. The van der Waals surface area contributed by atoms with E-state index in [1.807, 2.05) is 18.2 Å². The SMILES string of the molecule is CC(C)N1CCN(c2cccc(CS(=O)(=O)Cl)c2)CC1. The van der Waals surface area contributed by atoms with Gasteiger partial charge in [0.05, 0.1) is 5.75 Å². The number of hydrogen-bond donors (Lipinski definition) is 0. The van der Waals surface area contributed by atoms with E-state index in [2.05, 4.69) is 23.6 Å². The minimum Gasteiger partial charge on any atom is -0.369 e. The van der Waals surface area contributed by atoms with Crippen LogP contribution in [-0.2, 0) is 14.8 Å². The second-order valence-corrected chi connectivity index (χ2v) is 8.25. The summed E-state index contributed by atoms with van der Waals surface area (Å²) >= 11 is 0. The standard InChI is InChI=1S/C14H21ClN2O2S/c1-12(2)16-6-8-17(9-7-16)14-5-3-4-13(10-14)11-20(15,18)19/h3-5,10,12H,6-9,11H2,1-2H3. The van der Waals surface area contributed by atoms with Crippen molar-refractivity contribution in [2.24, 2.45) is 0 Å². The van der Waals surface area contributed by atoms with Crippen molar-refractivity contribution in [1.82, 2.24) is 4.90 Å². The van der Waals surface area contributed by atoms with Crippen LogP contribution in [0.15, 0.2) is 24.3 Å². The molecule has 2 rings (SSSR count). The highest BCUT2D eigenvalue weighted by molar-refractivity contribution is 8.13. The Labute approximate surface area is 125 Å². The maximum atomic E-state index is 11.2. The van der Waals surface area contributed by atoms with E-state index >= 15 is 0 Å². The molecule has 0 bridgehead atoms. The third-order valence-corrected chi connectivity index (χ3v) is 4.66. The van der Waals surface area contributed by atoms with E-state index in [4.69, 9.17) is 10.7 Å². The lowest BCUT2D eigenvalue weighted by Crippen LogP contribution is -2.48. The lowest BCUT2D eigenvalue weighted by atomic mass is 10.2. The van der Waals surface area contributed by atoms with E-state index in [1.165, 1.54) is 0 Å². The molecular formula is C14H21ClN2O2S. The van der Waals surface area contributed by atoms with Crippen molar-refractivity contribution in [2.75, 3.05) is 31.1 Å². The molecule has 0 N–H and O–H groups in total. The topological polar surface area (TPSA) is 40.6 Å². The summed E-state index contributed by atoms with van der Waals surface area (Å²) in [6, 6.07) is 8.21. The lowest BCUT2D eigenvalue weighted by Gasteiger charge is -2.38. The molecule has 20 heavy (non-hydrogen) atoms. The normalized spacial score (nSPS) is 17.7. The molecule has 0 spiro atoms. The van der Waals surface area contributed by atoms with Crippen LogP contribution in [0.5, 0.6) is 0 Å². The molecule has 1 fully saturated rings. The predicted octanol–water partition coefficient (Wildman–Crippen LogP) is 2.29. The summed E-state index contributed by atoms with van der Waals surface area (Å²) in [5, 5.41) is 0.